The number of aromatic nitrogens is 4. The lowest BCUT2D eigenvalue weighted by Crippen LogP contribution is -2.50. The van der Waals surface area contributed by atoms with Crippen molar-refractivity contribution in [1.82, 2.24) is 30.0 Å². The summed E-state index contributed by atoms with van der Waals surface area (Å²) in [4.78, 5) is 57.2. The second-order valence-electron chi connectivity index (χ2n) is 11.1. The first-order valence-electron chi connectivity index (χ1n) is 14.6. The Hall–Kier alpha value is -5.47. The summed E-state index contributed by atoms with van der Waals surface area (Å²) in [6, 6.07) is 12.7. The van der Waals surface area contributed by atoms with Gasteiger partial charge < -0.3 is 20.2 Å². The number of hydrogen-bond acceptors (Lipinski definition) is 8. The molecule has 47 heavy (non-hydrogen) atoms. The van der Waals surface area contributed by atoms with Crippen LogP contribution in [0.15, 0.2) is 67.0 Å². The van der Waals surface area contributed by atoms with Crippen LogP contribution in [0.5, 0.6) is 0 Å². The third-order valence-corrected chi connectivity index (χ3v) is 8.42. The minimum atomic E-state index is -1.14. The number of rotatable bonds is 7. The van der Waals surface area contributed by atoms with E-state index < -0.39 is 29.6 Å². The number of piperazine rings is 1. The van der Waals surface area contributed by atoms with Crippen LogP contribution in [0.1, 0.15) is 33.1 Å². The maximum Gasteiger partial charge on any atom is 0.335 e. The van der Waals surface area contributed by atoms with Crippen LogP contribution in [0, 0.1) is 5.82 Å². The Morgan fingerprint density at radius 3 is 2.53 bits per heavy atom. The van der Waals surface area contributed by atoms with Crippen molar-refractivity contribution in [2.24, 2.45) is 0 Å². The van der Waals surface area contributed by atoms with Crippen molar-refractivity contribution in [3.8, 4) is 5.69 Å². The molecule has 2 aliphatic rings. The summed E-state index contributed by atoms with van der Waals surface area (Å²) in [6.45, 7) is 1.51. The van der Waals surface area contributed by atoms with Gasteiger partial charge in [-0.3, -0.25) is 19.3 Å². The third-order valence-electron chi connectivity index (χ3n) is 8.13. The maximum absolute atomic E-state index is 15.2. The molecule has 1 fully saturated rings. The van der Waals surface area contributed by atoms with E-state index in [9.17, 15) is 24.3 Å². The predicted molar refractivity (Wildman–Crippen MR) is 170 cm³/mol. The highest BCUT2D eigenvalue weighted by Crippen LogP contribution is 2.37. The molecule has 2 N–H and O–H groups in total. The summed E-state index contributed by atoms with van der Waals surface area (Å²) in [5, 5.41) is 22.9. The molecule has 0 radical (unpaired) electrons. The minimum Gasteiger partial charge on any atom is -0.478 e. The fourth-order valence-corrected chi connectivity index (χ4v) is 5.98. The Balaban J connectivity index is 1.37. The zero-order chi connectivity index (χ0) is 33.2. The molecule has 0 saturated carbocycles. The summed E-state index contributed by atoms with van der Waals surface area (Å²) in [7, 11) is 1.87. The van der Waals surface area contributed by atoms with Gasteiger partial charge in [-0.05, 0) is 83.6 Å². The maximum atomic E-state index is 15.2. The van der Waals surface area contributed by atoms with Crippen LogP contribution in [0.25, 0.3) is 11.8 Å². The SMILES string of the molecule is CN1CCN(c2cccc3c2CCN(C(=O)C=Cc2c(-n4cnnn4)ccc(Cl)c2F)[C@H]3C(=O)Nc2ccc(C(=O)O)cc2)C(=O)C1. The lowest BCUT2D eigenvalue weighted by molar-refractivity contribution is -0.135. The van der Waals surface area contributed by atoms with Gasteiger partial charge in [-0.2, -0.15) is 4.68 Å². The third kappa shape index (κ3) is 6.33. The molecule has 3 amide bonds. The number of tetrazole rings is 1. The van der Waals surface area contributed by atoms with E-state index in [1.165, 1.54) is 58.4 Å². The van der Waals surface area contributed by atoms with E-state index in [2.05, 4.69) is 20.8 Å². The van der Waals surface area contributed by atoms with Crippen LogP contribution in [0.4, 0.5) is 15.8 Å². The van der Waals surface area contributed by atoms with Crippen molar-refractivity contribution in [2.45, 2.75) is 12.5 Å². The average molecular weight is 659 g/mol. The number of amides is 3. The standard InChI is InChI=1S/C32H28ClFN8O5/c1-39-15-16-40(28(44)17-39)25-4-2-3-22-21(25)13-14-41(30(22)31(45)36-20-7-5-19(6-8-20)32(46)47)27(43)12-9-23-26(42-18-35-37-38-42)11-10-24(33)29(23)34/h2-12,18,30H,13-17H2,1H3,(H,36,45)(H,46,47)/t30-/m1/s1. The number of carbonyl (C=O) groups excluding carboxylic acids is 3. The molecule has 1 atom stereocenters. The number of carboxylic acid groups (broad SMARTS) is 1. The number of carbonyl (C=O) groups is 4. The normalized spacial score (nSPS) is 16.7. The second-order valence-corrected chi connectivity index (χ2v) is 11.5. The Labute approximate surface area is 272 Å². The first-order chi connectivity index (χ1) is 22.6. The van der Waals surface area contributed by atoms with E-state index in [1.54, 1.807) is 17.0 Å². The Kier molecular flexibility index (Phi) is 8.78. The summed E-state index contributed by atoms with van der Waals surface area (Å²) in [6.07, 6.45) is 4.04. The van der Waals surface area contributed by atoms with Gasteiger partial charge in [0.2, 0.25) is 11.8 Å². The van der Waals surface area contributed by atoms with E-state index in [1.807, 2.05) is 18.0 Å². The quantitative estimate of drug-likeness (QED) is 0.285. The highest BCUT2D eigenvalue weighted by Gasteiger charge is 2.38. The minimum absolute atomic E-state index is 0.0362. The molecule has 4 aromatic rings. The summed E-state index contributed by atoms with van der Waals surface area (Å²) >= 11 is 6.05. The Morgan fingerprint density at radius 1 is 1.04 bits per heavy atom. The van der Waals surface area contributed by atoms with E-state index >= 15 is 4.39 Å². The number of nitrogens with one attached hydrogen (secondary N) is 1. The molecule has 2 aliphatic heterocycles. The van der Waals surface area contributed by atoms with Gasteiger partial charge in [-0.15, -0.1) is 5.10 Å². The molecule has 0 spiro atoms. The zero-order valence-electron chi connectivity index (χ0n) is 25.0. The number of nitrogens with zero attached hydrogens (tertiary/aromatic N) is 7. The summed E-state index contributed by atoms with van der Waals surface area (Å²) < 4.78 is 16.5. The highest BCUT2D eigenvalue weighted by atomic mass is 35.5. The molecule has 15 heteroatoms. The van der Waals surface area contributed by atoms with Crippen molar-refractivity contribution >= 4 is 52.7 Å². The molecule has 1 saturated heterocycles. The van der Waals surface area contributed by atoms with E-state index in [4.69, 9.17) is 11.6 Å². The van der Waals surface area contributed by atoms with Crippen LogP contribution in [-0.2, 0) is 20.8 Å². The fourth-order valence-electron chi connectivity index (χ4n) is 5.81. The van der Waals surface area contributed by atoms with Crippen molar-refractivity contribution in [1.29, 1.82) is 0 Å². The van der Waals surface area contributed by atoms with Gasteiger partial charge >= 0.3 is 5.97 Å². The van der Waals surface area contributed by atoms with Gasteiger partial charge in [0.15, 0.2) is 5.82 Å². The lowest BCUT2D eigenvalue weighted by Gasteiger charge is -2.39. The molecule has 3 aromatic carbocycles. The first-order valence-corrected chi connectivity index (χ1v) is 14.9. The van der Waals surface area contributed by atoms with Crippen LogP contribution in [-0.4, -0.2) is 92.0 Å². The average Bonchev–Trinajstić information content (AvgIpc) is 3.60. The van der Waals surface area contributed by atoms with E-state index in [0.29, 0.717) is 36.4 Å². The molecule has 0 aliphatic carbocycles. The number of halogens is 2. The van der Waals surface area contributed by atoms with E-state index in [0.717, 1.165) is 11.6 Å². The second kappa shape index (κ2) is 13.1. The van der Waals surface area contributed by atoms with Gasteiger partial charge in [-0.25, -0.2) is 9.18 Å². The number of fused-ring (bicyclic) bond motifs is 1. The Morgan fingerprint density at radius 2 is 1.83 bits per heavy atom. The van der Waals surface area contributed by atoms with Gasteiger partial charge in [-0.1, -0.05) is 23.7 Å². The van der Waals surface area contributed by atoms with Gasteiger partial charge in [0.1, 0.15) is 12.4 Å². The molecule has 0 unspecified atom stereocenters. The molecular weight excluding hydrogens is 631 g/mol. The molecule has 3 heterocycles. The van der Waals surface area contributed by atoms with Crippen molar-refractivity contribution < 1.29 is 28.7 Å². The number of benzene rings is 3. The predicted octanol–water partition coefficient (Wildman–Crippen LogP) is 3.21. The lowest BCUT2D eigenvalue weighted by atomic mass is 9.89. The summed E-state index contributed by atoms with van der Waals surface area (Å²) in [5.41, 5.74) is 2.55. The number of carboxylic acids is 1. The summed E-state index contributed by atoms with van der Waals surface area (Å²) in [5.74, 6) is -3.11. The fraction of sp³-hybridized carbons (Fsp3) is 0.219. The first kappa shape index (κ1) is 31.5. The topological polar surface area (TPSA) is 154 Å². The zero-order valence-corrected chi connectivity index (χ0v) is 25.8. The van der Waals surface area contributed by atoms with Crippen molar-refractivity contribution in [3.05, 3.63) is 100 Å². The van der Waals surface area contributed by atoms with Crippen LogP contribution >= 0.6 is 11.6 Å². The number of likely N-dealkylation sites (N-methyl/N-ethyl adjacent to an activating group) is 1. The monoisotopic (exact) mass is 658 g/mol. The number of hydrogen-bond donors (Lipinski definition) is 2. The number of aromatic carboxylic acids is 1. The van der Waals surface area contributed by atoms with Crippen LogP contribution in [0.2, 0.25) is 5.02 Å². The molecule has 6 rings (SSSR count). The largest absolute Gasteiger partial charge is 0.478 e. The van der Waals surface area contributed by atoms with Crippen LogP contribution in [0.3, 0.4) is 0 Å². The smallest absolute Gasteiger partial charge is 0.335 e. The molecule has 0 bridgehead atoms. The van der Waals surface area contributed by atoms with E-state index in [-0.39, 0.29) is 40.8 Å². The molecule has 240 valence electrons. The Bertz CT molecular complexity index is 1900. The molecular formula is C32H28ClFN8O5. The van der Waals surface area contributed by atoms with Gasteiger partial charge in [0, 0.05) is 42.6 Å². The van der Waals surface area contributed by atoms with Crippen molar-refractivity contribution in [3.63, 3.8) is 0 Å². The van der Waals surface area contributed by atoms with Gasteiger partial charge in [0.05, 0.1) is 22.8 Å². The highest BCUT2D eigenvalue weighted by molar-refractivity contribution is 6.31. The molecule has 1 aromatic heterocycles. The van der Waals surface area contributed by atoms with Crippen LogP contribution < -0.4 is 10.2 Å². The number of anilines is 2. The molecule has 13 nitrogen and oxygen atoms in total. The van der Waals surface area contributed by atoms with Crippen molar-refractivity contribution in [2.75, 3.05) is 43.4 Å². The van der Waals surface area contributed by atoms with Gasteiger partial charge in [0.25, 0.3) is 5.91 Å².